The van der Waals surface area contributed by atoms with Gasteiger partial charge < -0.3 is 4.42 Å². The fourth-order valence-electron chi connectivity index (χ4n) is 0.731. The molecule has 0 atom stereocenters. The fourth-order valence-corrected chi connectivity index (χ4v) is 0.731. The number of hydrogen-bond acceptors (Lipinski definition) is 3. The standard InChI is InChI=1S/C6H5N3O/c1-2-8-9-5(1)6-7-3-4-10-6/h1-4H,(H,8,9). The van der Waals surface area contributed by atoms with E-state index in [1.165, 1.54) is 6.26 Å². The summed E-state index contributed by atoms with van der Waals surface area (Å²) in [7, 11) is 0. The SMILES string of the molecule is c1cc(-c2ncco2)[nH]n1. The van der Waals surface area contributed by atoms with E-state index in [4.69, 9.17) is 4.42 Å². The molecule has 1 N–H and O–H groups in total. The summed E-state index contributed by atoms with van der Waals surface area (Å²) < 4.78 is 5.00. The van der Waals surface area contributed by atoms with E-state index in [-0.39, 0.29) is 0 Å². The molecule has 0 amide bonds. The van der Waals surface area contributed by atoms with E-state index < -0.39 is 0 Å². The monoisotopic (exact) mass is 135 g/mol. The van der Waals surface area contributed by atoms with Crippen molar-refractivity contribution in [3.05, 3.63) is 24.7 Å². The molecule has 4 nitrogen and oxygen atoms in total. The van der Waals surface area contributed by atoms with Crippen LogP contribution in [0.25, 0.3) is 11.6 Å². The lowest BCUT2D eigenvalue weighted by Crippen LogP contribution is -1.74. The van der Waals surface area contributed by atoms with Gasteiger partial charge in [-0.2, -0.15) is 5.10 Å². The Morgan fingerprint density at radius 2 is 2.40 bits per heavy atom. The van der Waals surface area contributed by atoms with Crippen LogP contribution in [0, 0.1) is 0 Å². The maximum Gasteiger partial charge on any atom is 0.244 e. The Bertz CT molecular complexity index is 252. The van der Waals surface area contributed by atoms with Gasteiger partial charge in [-0.25, -0.2) is 4.98 Å². The molecule has 0 aromatic carbocycles. The van der Waals surface area contributed by atoms with E-state index in [0.29, 0.717) is 5.89 Å². The normalized spacial score (nSPS) is 10.0. The summed E-state index contributed by atoms with van der Waals surface area (Å²) in [5.41, 5.74) is 0.796. The van der Waals surface area contributed by atoms with Crippen molar-refractivity contribution in [1.29, 1.82) is 0 Å². The van der Waals surface area contributed by atoms with Crippen LogP contribution in [0.15, 0.2) is 29.1 Å². The third-order valence-corrected chi connectivity index (χ3v) is 1.16. The summed E-state index contributed by atoms with van der Waals surface area (Å²) in [6, 6.07) is 1.80. The van der Waals surface area contributed by atoms with Crippen molar-refractivity contribution >= 4 is 0 Å². The van der Waals surface area contributed by atoms with Crippen molar-refractivity contribution in [2.45, 2.75) is 0 Å². The average molecular weight is 135 g/mol. The largest absolute Gasteiger partial charge is 0.443 e. The van der Waals surface area contributed by atoms with Crippen LogP contribution in [0.5, 0.6) is 0 Å². The van der Waals surface area contributed by atoms with Gasteiger partial charge in [-0.3, -0.25) is 5.10 Å². The summed E-state index contributed by atoms with van der Waals surface area (Å²) >= 11 is 0. The molecule has 0 unspecified atom stereocenters. The molecule has 2 aromatic heterocycles. The van der Waals surface area contributed by atoms with Crippen LogP contribution in [0.4, 0.5) is 0 Å². The molecule has 0 aliphatic carbocycles. The summed E-state index contributed by atoms with van der Waals surface area (Å²) in [4.78, 5) is 3.92. The smallest absolute Gasteiger partial charge is 0.244 e. The van der Waals surface area contributed by atoms with Crippen LogP contribution in [-0.4, -0.2) is 15.2 Å². The minimum Gasteiger partial charge on any atom is -0.443 e. The number of aromatic amines is 1. The van der Waals surface area contributed by atoms with E-state index in [0.717, 1.165) is 5.69 Å². The molecule has 0 saturated carbocycles. The number of nitrogens with one attached hydrogen (secondary N) is 1. The Hall–Kier alpha value is -1.58. The van der Waals surface area contributed by atoms with Crippen LogP contribution in [0.1, 0.15) is 0 Å². The lowest BCUT2D eigenvalue weighted by Gasteiger charge is -1.83. The van der Waals surface area contributed by atoms with E-state index in [2.05, 4.69) is 15.2 Å². The average Bonchev–Trinajstić information content (AvgIpc) is 2.59. The Balaban J connectivity index is 2.48. The minimum atomic E-state index is 0.567. The first-order chi connectivity index (χ1) is 4.97. The number of H-pyrrole nitrogens is 1. The van der Waals surface area contributed by atoms with Crippen molar-refractivity contribution in [3.63, 3.8) is 0 Å². The van der Waals surface area contributed by atoms with Crippen molar-refractivity contribution in [2.75, 3.05) is 0 Å². The highest BCUT2D eigenvalue weighted by Gasteiger charge is 2.00. The molecule has 0 aliphatic rings. The van der Waals surface area contributed by atoms with Gasteiger partial charge in [0.2, 0.25) is 5.89 Å². The molecule has 2 heterocycles. The van der Waals surface area contributed by atoms with Gasteiger partial charge in [0.25, 0.3) is 0 Å². The first kappa shape index (κ1) is 5.22. The first-order valence-corrected chi connectivity index (χ1v) is 2.86. The molecule has 0 aliphatic heterocycles. The summed E-state index contributed by atoms with van der Waals surface area (Å²) in [6.07, 6.45) is 4.77. The highest BCUT2D eigenvalue weighted by molar-refractivity contribution is 5.44. The van der Waals surface area contributed by atoms with Gasteiger partial charge in [0.15, 0.2) is 0 Å². The Morgan fingerprint density at radius 3 is 3.00 bits per heavy atom. The zero-order chi connectivity index (χ0) is 6.81. The van der Waals surface area contributed by atoms with Gasteiger partial charge in [-0.15, -0.1) is 0 Å². The van der Waals surface area contributed by atoms with E-state index >= 15 is 0 Å². The van der Waals surface area contributed by atoms with Gasteiger partial charge in [0.05, 0.1) is 6.20 Å². The van der Waals surface area contributed by atoms with Gasteiger partial charge in [-0.05, 0) is 6.07 Å². The van der Waals surface area contributed by atoms with E-state index in [1.807, 2.05) is 0 Å². The molecule has 0 saturated heterocycles. The van der Waals surface area contributed by atoms with Crippen LogP contribution >= 0.6 is 0 Å². The number of aromatic nitrogens is 3. The summed E-state index contributed by atoms with van der Waals surface area (Å²) in [5, 5.41) is 6.49. The quantitative estimate of drug-likeness (QED) is 0.636. The lowest BCUT2D eigenvalue weighted by molar-refractivity contribution is 0.572. The van der Waals surface area contributed by atoms with Crippen molar-refractivity contribution in [3.8, 4) is 11.6 Å². The van der Waals surface area contributed by atoms with Gasteiger partial charge in [-0.1, -0.05) is 0 Å². The molecular formula is C6H5N3O. The third-order valence-electron chi connectivity index (χ3n) is 1.16. The Labute approximate surface area is 56.9 Å². The van der Waals surface area contributed by atoms with Gasteiger partial charge in [0, 0.05) is 6.20 Å². The maximum atomic E-state index is 5.00. The van der Waals surface area contributed by atoms with Crippen molar-refractivity contribution in [2.24, 2.45) is 0 Å². The van der Waals surface area contributed by atoms with Crippen molar-refractivity contribution in [1.82, 2.24) is 15.2 Å². The van der Waals surface area contributed by atoms with Gasteiger partial charge in [0.1, 0.15) is 12.0 Å². The fraction of sp³-hybridized carbons (Fsp3) is 0. The molecule has 2 aromatic rings. The second-order valence-electron chi connectivity index (χ2n) is 1.81. The van der Waals surface area contributed by atoms with Crippen LogP contribution in [0.2, 0.25) is 0 Å². The molecule has 4 heteroatoms. The Morgan fingerprint density at radius 1 is 1.40 bits per heavy atom. The highest BCUT2D eigenvalue weighted by Crippen LogP contribution is 2.11. The second-order valence-corrected chi connectivity index (χ2v) is 1.81. The lowest BCUT2D eigenvalue weighted by atomic mass is 10.4. The summed E-state index contributed by atoms with van der Waals surface area (Å²) in [5.74, 6) is 0.567. The third kappa shape index (κ3) is 0.699. The minimum absolute atomic E-state index is 0.567. The summed E-state index contributed by atoms with van der Waals surface area (Å²) in [6.45, 7) is 0. The maximum absolute atomic E-state index is 5.00. The highest BCUT2D eigenvalue weighted by atomic mass is 16.3. The molecule has 50 valence electrons. The molecule has 0 bridgehead atoms. The van der Waals surface area contributed by atoms with Crippen LogP contribution in [0.3, 0.4) is 0 Å². The van der Waals surface area contributed by atoms with E-state index in [1.54, 1.807) is 18.5 Å². The number of nitrogens with zero attached hydrogens (tertiary/aromatic N) is 2. The van der Waals surface area contributed by atoms with Crippen LogP contribution in [-0.2, 0) is 0 Å². The Kier molecular flexibility index (Phi) is 1.04. The molecule has 0 radical (unpaired) electrons. The molecule has 2 rings (SSSR count). The van der Waals surface area contributed by atoms with Crippen LogP contribution < -0.4 is 0 Å². The van der Waals surface area contributed by atoms with Gasteiger partial charge >= 0.3 is 0 Å². The second kappa shape index (κ2) is 1.98. The first-order valence-electron chi connectivity index (χ1n) is 2.86. The molecule has 10 heavy (non-hydrogen) atoms. The number of rotatable bonds is 1. The zero-order valence-corrected chi connectivity index (χ0v) is 5.11. The number of oxazole rings is 1. The topological polar surface area (TPSA) is 54.7 Å². The number of hydrogen-bond donors (Lipinski definition) is 1. The zero-order valence-electron chi connectivity index (χ0n) is 5.11. The molecule has 0 spiro atoms. The van der Waals surface area contributed by atoms with E-state index in [9.17, 15) is 0 Å². The molecular weight excluding hydrogens is 130 g/mol. The molecule has 0 fully saturated rings. The predicted molar refractivity (Wildman–Crippen MR) is 34.1 cm³/mol. The predicted octanol–water partition coefficient (Wildman–Crippen LogP) is 1.06. The van der Waals surface area contributed by atoms with Crippen molar-refractivity contribution < 1.29 is 4.42 Å².